The first-order valence-corrected chi connectivity index (χ1v) is 7.22. The number of carbonyl (C=O) groups excluding carboxylic acids is 1. The van der Waals surface area contributed by atoms with Gasteiger partial charge < -0.3 is 15.5 Å². The van der Waals surface area contributed by atoms with Crippen LogP contribution in [0.1, 0.15) is 12.5 Å². The second kappa shape index (κ2) is 7.26. The standard InChI is InChI=1S/C15H24N4O/c1-3-16-15(20)17-14-6-4-13(5-7-14)12-19-10-8-18(2)9-11-19/h4-7H,3,8-12H2,1-2H3,(H2,16,17,20). The maximum atomic E-state index is 11.4. The fraction of sp³-hybridized carbons (Fsp3) is 0.533. The number of benzene rings is 1. The molecule has 1 aliphatic rings. The van der Waals surface area contributed by atoms with Crippen LogP contribution in [-0.4, -0.2) is 55.6 Å². The van der Waals surface area contributed by atoms with Crippen LogP contribution in [0.3, 0.4) is 0 Å². The monoisotopic (exact) mass is 276 g/mol. The van der Waals surface area contributed by atoms with Gasteiger partial charge in [0.15, 0.2) is 0 Å². The number of urea groups is 1. The molecular formula is C15H24N4O. The maximum Gasteiger partial charge on any atom is 0.319 e. The van der Waals surface area contributed by atoms with Crippen LogP contribution < -0.4 is 10.6 Å². The van der Waals surface area contributed by atoms with Gasteiger partial charge >= 0.3 is 6.03 Å². The van der Waals surface area contributed by atoms with Gasteiger partial charge in [0.1, 0.15) is 0 Å². The number of carbonyl (C=O) groups is 1. The predicted molar refractivity (Wildman–Crippen MR) is 81.9 cm³/mol. The number of nitrogens with zero attached hydrogens (tertiary/aromatic N) is 2. The Morgan fingerprint density at radius 1 is 1.15 bits per heavy atom. The van der Waals surface area contributed by atoms with E-state index in [4.69, 9.17) is 0 Å². The van der Waals surface area contributed by atoms with Crippen molar-refractivity contribution in [3.05, 3.63) is 29.8 Å². The minimum Gasteiger partial charge on any atom is -0.338 e. The molecule has 5 nitrogen and oxygen atoms in total. The minimum absolute atomic E-state index is 0.153. The van der Waals surface area contributed by atoms with Gasteiger partial charge in [0, 0.05) is 45.0 Å². The van der Waals surface area contributed by atoms with Gasteiger partial charge in [-0.1, -0.05) is 12.1 Å². The summed E-state index contributed by atoms with van der Waals surface area (Å²) in [5.41, 5.74) is 2.12. The molecule has 1 saturated heterocycles. The van der Waals surface area contributed by atoms with Crippen molar-refractivity contribution in [1.29, 1.82) is 0 Å². The van der Waals surface area contributed by atoms with Crippen molar-refractivity contribution in [1.82, 2.24) is 15.1 Å². The van der Waals surface area contributed by atoms with E-state index in [1.54, 1.807) is 0 Å². The van der Waals surface area contributed by atoms with Gasteiger partial charge in [0.2, 0.25) is 0 Å². The van der Waals surface area contributed by atoms with E-state index >= 15 is 0 Å². The van der Waals surface area contributed by atoms with Gasteiger partial charge in [-0.25, -0.2) is 4.79 Å². The molecule has 2 rings (SSSR count). The Morgan fingerprint density at radius 3 is 2.40 bits per heavy atom. The van der Waals surface area contributed by atoms with E-state index in [0.717, 1.165) is 38.4 Å². The second-order valence-corrected chi connectivity index (χ2v) is 5.26. The molecule has 1 aromatic carbocycles. The molecule has 0 unspecified atom stereocenters. The summed E-state index contributed by atoms with van der Waals surface area (Å²) in [7, 11) is 2.17. The van der Waals surface area contributed by atoms with E-state index in [9.17, 15) is 4.79 Å². The van der Waals surface area contributed by atoms with Crippen molar-refractivity contribution in [2.24, 2.45) is 0 Å². The number of rotatable bonds is 4. The van der Waals surface area contributed by atoms with Gasteiger partial charge in [-0.2, -0.15) is 0 Å². The van der Waals surface area contributed by atoms with Crippen LogP contribution in [0.2, 0.25) is 0 Å². The first kappa shape index (κ1) is 14.8. The molecule has 0 radical (unpaired) electrons. The highest BCUT2D eigenvalue weighted by atomic mass is 16.2. The lowest BCUT2D eigenvalue weighted by molar-refractivity contribution is 0.148. The fourth-order valence-corrected chi connectivity index (χ4v) is 2.29. The van der Waals surface area contributed by atoms with Gasteiger partial charge in [0.25, 0.3) is 0 Å². The third-order valence-electron chi connectivity index (χ3n) is 3.55. The zero-order chi connectivity index (χ0) is 14.4. The number of nitrogens with one attached hydrogen (secondary N) is 2. The minimum atomic E-state index is -0.153. The van der Waals surface area contributed by atoms with E-state index in [2.05, 4.69) is 39.6 Å². The van der Waals surface area contributed by atoms with Crippen LogP contribution in [0.5, 0.6) is 0 Å². The van der Waals surface area contributed by atoms with Crippen LogP contribution in [-0.2, 0) is 6.54 Å². The summed E-state index contributed by atoms with van der Waals surface area (Å²) >= 11 is 0. The van der Waals surface area contributed by atoms with E-state index in [1.807, 2.05) is 19.1 Å². The Bertz CT molecular complexity index is 424. The van der Waals surface area contributed by atoms with Gasteiger partial charge in [-0.3, -0.25) is 4.90 Å². The van der Waals surface area contributed by atoms with Crippen LogP contribution in [0, 0.1) is 0 Å². The summed E-state index contributed by atoms with van der Waals surface area (Å²) in [5, 5.41) is 5.52. The molecule has 110 valence electrons. The first-order chi connectivity index (χ1) is 9.67. The van der Waals surface area contributed by atoms with Crippen LogP contribution in [0.4, 0.5) is 10.5 Å². The molecule has 0 spiro atoms. The number of anilines is 1. The number of hydrogen-bond donors (Lipinski definition) is 2. The molecule has 5 heteroatoms. The first-order valence-electron chi connectivity index (χ1n) is 7.22. The van der Waals surface area contributed by atoms with Gasteiger partial charge in [-0.15, -0.1) is 0 Å². The van der Waals surface area contributed by atoms with Crippen molar-refractivity contribution < 1.29 is 4.79 Å². The lowest BCUT2D eigenvalue weighted by atomic mass is 10.2. The molecule has 0 atom stereocenters. The number of hydrogen-bond acceptors (Lipinski definition) is 3. The summed E-state index contributed by atoms with van der Waals surface area (Å²) in [6.45, 7) is 8.03. The Morgan fingerprint density at radius 2 is 1.80 bits per heavy atom. The molecule has 2 amide bonds. The Balaban J connectivity index is 1.83. The lowest BCUT2D eigenvalue weighted by Gasteiger charge is -2.32. The van der Waals surface area contributed by atoms with E-state index in [-0.39, 0.29) is 6.03 Å². The van der Waals surface area contributed by atoms with Crippen molar-refractivity contribution >= 4 is 11.7 Å². The Kier molecular flexibility index (Phi) is 5.38. The fourth-order valence-electron chi connectivity index (χ4n) is 2.29. The highest BCUT2D eigenvalue weighted by Gasteiger charge is 2.13. The zero-order valence-corrected chi connectivity index (χ0v) is 12.4. The largest absolute Gasteiger partial charge is 0.338 e. The Hall–Kier alpha value is -1.59. The Labute approximate surface area is 120 Å². The third-order valence-corrected chi connectivity index (χ3v) is 3.55. The van der Waals surface area contributed by atoms with E-state index in [0.29, 0.717) is 6.54 Å². The smallest absolute Gasteiger partial charge is 0.319 e. The predicted octanol–water partition coefficient (Wildman–Crippen LogP) is 1.58. The van der Waals surface area contributed by atoms with Crippen LogP contribution >= 0.6 is 0 Å². The SMILES string of the molecule is CCNC(=O)Nc1ccc(CN2CCN(C)CC2)cc1. The molecule has 2 N–H and O–H groups in total. The topological polar surface area (TPSA) is 47.6 Å². The number of likely N-dealkylation sites (N-methyl/N-ethyl adjacent to an activating group) is 1. The molecule has 0 aromatic heterocycles. The number of amides is 2. The molecule has 0 aliphatic carbocycles. The maximum absolute atomic E-state index is 11.4. The normalized spacial score (nSPS) is 16.9. The van der Waals surface area contributed by atoms with Crippen molar-refractivity contribution in [2.75, 3.05) is 45.1 Å². The molecule has 1 fully saturated rings. The summed E-state index contributed by atoms with van der Waals surface area (Å²) in [4.78, 5) is 16.2. The summed E-state index contributed by atoms with van der Waals surface area (Å²) < 4.78 is 0. The molecule has 20 heavy (non-hydrogen) atoms. The third kappa shape index (κ3) is 4.51. The molecule has 0 saturated carbocycles. The van der Waals surface area contributed by atoms with Crippen molar-refractivity contribution in [2.45, 2.75) is 13.5 Å². The molecular weight excluding hydrogens is 252 g/mol. The van der Waals surface area contributed by atoms with Gasteiger partial charge in [-0.05, 0) is 31.7 Å². The van der Waals surface area contributed by atoms with Crippen LogP contribution in [0.25, 0.3) is 0 Å². The van der Waals surface area contributed by atoms with E-state index < -0.39 is 0 Å². The quantitative estimate of drug-likeness (QED) is 0.877. The molecule has 1 aromatic rings. The highest BCUT2D eigenvalue weighted by Crippen LogP contribution is 2.12. The molecule has 1 heterocycles. The summed E-state index contributed by atoms with van der Waals surface area (Å²) in [5.74, 6) is 0. The van der Waals surface area contributed by atoms with Crippen molar-refractivity contribution in [3.8, 4) is 0 Å². The summed E-state index contributed by atoms with van der Waals surface area (Å²) in [6.07, 6.45) is 0. The second-order valence-electron chi connectivity index (χ2n) is 5.26. The van der Waals surface area contributed by atoms with Crippen LogP contribution in [0.15, 0.2) is 24.3 Å². The van der Waals surface area contributed by atoms with E-state index in [1.165, 1.54) is 5.56 Å². The average molecular weight is 276 g/mol. The van der Waals surface area contributed by atoms with Gasteiger partial charge in [0.05, 0.1) is 0 Å². The number of piperazine rings is 1. The average Bonchev–Trinajstić information content (AvgIpc) is 2.44. The molecule has 1 aliphatic heterocycles. The van der Waals surface area contributed by atoms with Crippen molar-refractivity contribution in [3.63, 3.8) is 0 Å². The zero-order valence-electron chi connectivity index (χ0n) is 12.4. The summed E-state index contributed by atoms with van der Waals surface area (Å²) in [6, 6.07) is 7.93. The highest BCUT2D eigenvalue weighted by molar-refractivity contribution is 5.89. The lowest BCUT2D eigenvalue weighted by Crippen LogP contribution is -2.43. The molecule has 0 bridgehead atoms.